The van der Waals surface area contributed by atoms with Crippen molar-refractivity contribution in [2.24, 2.45) is 0 Å². The second kappa shape index (κ2) is 4.00. The molecule has 1 aromatic rings. The van der Waals surface area contributed by atoms with Crippen LogP contribution in [0.4, 0.5) is 23.2 Å². The Kier molecular flexibility index (Phi) is 3.03. The number of carboxylic acid groups (broad SMARTS) is 1. The number of nitrogens with zero attached hydrogens (tertiary/aromatic N) is 1. The normalized spacial score (nSPS) is 11.3. The summed E-state index contributed by atoms with van der Waals surface area (Å²) in [5.74, 6) is -4.23. The topological polar surface area (TPSA) is 80.4 Å². The van der Waals surface area contributed by atoms with E-state index in [-0.39, 0.29) is 0 Å². The van der Waals surface area contributed by atoms with Gasteiger partial charge in [-0.2, -0.15) is 17.6 Å². The van der Waals surface area contributed by atoms with E-state index in [1.807, 2.05) is 0 Å². The third-order valence-corrected chi connectivity index (χ3v) is 1.83. The first kappa shape index (κ1) is 12.9. The highest BCUT2D eigenvalue weighted by atomic mass is 19.4. The molecule has 0 radical (unpaired) electrons. The lowest BCUT2D eigenvalue weighted by Crippen LogP contribution is -2.16. The first-order chi connectivity index (χ1) is 7.66. The van der Waals surface area contributed by atoms with Crippen molar-refractivity contribution in [1.29, 1.82) is 0 Å². The number of aromatic carboxylic acids is 1. The lowest BCUT2D eigenvalue weighted by Gasteiger charge is -2.10. The fourth-order valence-electron chi connectivity index (χ4n) is 1.16. The van der Waals surface area contributed by atoms with Gasteiger partial charge in [-0.3, -0.25) is 10.1 Å². The summed E-state index contributed by atoms with van der Waals surface area (Å²) in [5, 5.41) is 18.7. The average Bonchev–Trinajstić information content (AvgIpc) is 2.14. The van der Waals surface area contributed by atoms with Crippen LogP contribution in [-0.4, -0.2) is 16.0 Å². The second-order valence-electron chi connectivity index (χ2n) is 2.88. The molecule has 1 N–H and O–H groups in total. The van der Waals surface area contributed by atoms with Gasteiger partial charge in [0.25, 0.3) is 0 Å². The monoisotopic (exact) mass is 253 g/mol. The second-order valence-corrected chi connectivity index (χ2v) is 2.88. The molecule has 5 nitrogen and oxygen atoms in total. The largest absolute Gasteiger partial charge is 0.478 e. The third kappa shape index (κ3) is 2.32. The number of nitro groups is 1. The number of benzene rings is 1. The van der Waals surface area contributed by atoms with Gasteiger partial charge >= 0.3 is 17.8 Å². The van der Waals surface area contributed by atoms with Crippen LogP contribution in [0.25, 0.3) is 0 Å². The van der Waals surface area contributed by atoms with Crippen LogP contribution in [0.3, 0.4) is 0 Å². The lowest BCUT2D eigenvalue weighted by molar-refractivity contribution is -0.387. The van der Waals surface area contributed by atoms with Gasteiger partial charge in [-0.25, -0.2) is 4.79 Å². The molecule has 17 heavy (non-hydrogen) atoms. The molecular formula is C8H3F4NO4. The molecule has 0 amide bonds. The van der Waals surface area contributed by atoms with Gasteiger partial charge in [-0.1, -0.05) is 0 Å². The predicted molar refractivity (Wildman–Crippen MR) is 45.0 cm³/mol. The van der Waals surface area contributed by atoms with E-state index < -0.39 is 39.7 Å². The number of alkyl halides is 3. The summed E-state index contributed by atoms with van der Waals surface area (Å²) in [5.41, 5.74) is -4.96. The van der Waals surface area contributed by atoms with Gasteiger partial charge in [0.15, 0.2) is 0 Å². The Balaban J connectivity index is 3.65. The molecule has 92 valence electrons. The maximum Gasteiger partial charge on any atom is 0.420 e. The predicted octanol–water partition coefficient (Wildman–Crippen LogP) is 2.45. The van der Waals surface area contributed by atoms with Crippen molar-refractivity contribution in [3.63, 3.8) is 0 Å². The van der Waals surface area contributed by atoms with Gasteiger partial charge in [0.05, 0.1) is 10.5 Å². The van der Waals surface area contributed by atoms with E-state index in [1.54, 1.807) is 0 Å². The van der Waals surface area contributed by atoms with E-state index in [9.17, 15) is 32.5 Å². The summed E-state index contributed by atoms with van der Waals surface area (Å²) in [6.45, 7) is 0. The van der Waals surface area contributed by atoms with E-state index >= 15 is 0 Å². The van der Waals surface area contributed by atoms with Crippen LogP contribution >= 0.6 is 0 Å². The van der Waals surface area contributed by atoms with Crippen LogP contribution in [0, 0.1) is 15.9 Å². The highest BCUT2D eigenvalue weighted by molar-refractivity contribution is 5.90. The summed E-state index contributed by atoms with van der Waals surface area (Å²) >= 11 is 0. The van der Waals surface area contributed by atoms with Gasteiger partial charge in [-0.15, -0.1) is 0 Å². The van der Waals surface area contributed by atoms with Gasteiger partial charge in [0.1, 0.15) is 5.56 Å². The van der Waals surface area contributed by atoms with E-state index in [0.717, 1.165) is 0 Å². The van der Waals surface area contributed by atoms with E-state index in [4.69, 9.17) is 5.11 Å². The number of hydrogen-bond acceptors (Lipinski definition) is 3. The molecule has 0 spiro atoms. The number of rotatable bonds is 2. The van der Waals surface area contributed by atoms with E-state index in [0.29, 0.717) is 12.1 Å². The van der Waals surface area contributed by atoms with Crippen LogP contribution in [0.1, 0.15) is 15.9 Å². The van der Waals surface area contributed by atoms with Gasteiger partial charge in [-0.05, 0) is 6.07 Å². The first-order valence-corrected chi connectivity index (χ1v) is 3.93. The number of halogens is 4. The van der Waals surface area contributed by atoms with Crippen LogP contribution in [0.15, 0.2) is 12.1 Å². The van der Waals surface area contributed by atoms with Crippen molar-refractivity contribution in [1.82, 2.24) is 0 Å². The van der Waals surface area contributed by atoms with Crippen molar-refractivity contribution in [2.45, 2.75) is 6.18 Å². The SMILES string of the molecule is O=C(O)c1ccc([N+](=O)[O-])c(F)c1C(F)(F)F. The molecule has 0 bridgehead atoms. The molecule has 0 saturated carbocycles. The minimum absolute atomic E-state index is 0.340. The van der Waals surface area contributed by atoms with Crippen LogP contribution < -0.4 is 0 Å². The number of nitro benzene ring substituents is 1. The molecule has 0 heterocycles. The minimum atomic E-state index is -5.33. The standard InChI is InChI=1S/C8H3F4NO4/c9-6-4(13(16)17)2-1-3(7(14)15)5(6)8(10,11)12/h1-2H,(H,14,15). The molecule has 0 atom stereocenters. The molecule has 0 fully saturated rings. The summed E-state index contributed by atoms with van der Waals surface area (Å²) in [7, 11) is 0. The summed E-state index contributed by atoms with van der Waals surface area (Å²) in [4.78, 5) is 19.3. The number of carboxylic acids is 1. The van der Waals surface area contributed by atoms with Gasteiger partial charge in [0.2, 0.25) is 5.82 Å². The van der Waals surface area contributed by atoms with Crippen molar-refractivity contribution < 1.29 is 32.4 Å². The van der Waals surface area contributed by atoms with Crippen molar-refractivity contribution in [3.8, 4) is 0 Å². The molecule has 9 heteroatoms. The Hall–Kier alpha value is -2.19. The average molecular weight is 253 g/mol. The quantitative estimate of drug-likeness (QED) is 0.498. The zero-order chi connectivity index (χ0) is 13.4. The number of hydrogen-bond donors (Lipinski definition) is 1. The lowest BCUT2D eigenvalue weighted by atomic mass is 10.1. The molecule has 0 saturated heterocycles. The highest BCUT2D eigenvalue weighted by Crippen LogP contribution is 2.37. The number of carbonyl (C=O) groups is 1. The van der Waals surface area contributed by atoms with Crippen molar-refractivity contribution in [3.05, 3.63) is 39.2 Å². The van der Waals surface area contributed by atoms with Crippen molar-refractivity contribution >= 4 is 11.7 Å². The van der Waals surface area contributed by atoms with Crippen molar-refractivity contribution in [2.75, 3.05) is 0 Å². The Morgan fingerprint density at radius 2 is 1.88 bits per heavy atom. The highest BCUT2D eigenvalue weighted by Gasteiger charge is 2.41. The van der Waals surface area contributed by atoms with Gasteiger partial charge < -0.3 is 5.11 Å². The third-order valence-electron chi connectivity index (χ3n) is 1.83. The van der Waals surface area contributed by atoms with Gasteiger partial charge in [0, 0.05) is 6.07 Å². The molecule has 0 aliphatic heterocycles. The van der Waals surface area contributed by atoms with E-state index in [1.165, 1.54) is 0 Å². The maximum absolute atomic E-state index is 13.2. The minimum Gasteiger partial charge on any atom is -0.478 e. The molecule has 0 aliphatic rings. The van der Waals surface area contributed by atoms with E-state index in [2.05, 4.69) is 0 Å². The Bertz CT molecular complexity index is 497. The summed E-state index contributed by atoms with van der Waals surface area (Å²) < 4.78 is 50.4. The Morgan fingerprint density at radius 1 is 1.35 bits per heavy atom. The fourth-order valence-corrected chi connectivity index (χ4v) is 1.16. The summed E-state index contributed by atoms with van der Waals surface area (Å²) in [6, 6.07) is 0.709. The first-order valence-electron chi connectivity index (χ1n) is 3.93. The molecule has 1 aromatic carbocycles. The fraction of sp³-hybridized carbons (Fsp3) is 0.125. The molecular weight excluding hydrogens is 250 g/mol. The Morgan fingerprint density at radius 3 is 2.24 bits per heavy atom. The van der Waals surface area contributed by atoms with Crippen LogP contribution in [0.5, 0.6) is 0 Å². The maximum atomic E-state index is 13.2. The zero-order valence-electron chi connectivity index (χ0n) is 7.79. The van der Waals surface area contributed by atoms with Crippen LogP contribution in [-0.2, 0) is 6.18 Å². The molecule has 0 aromatic heterocycles. The smallest absolute Gasteiger partial charge is 0.420 e. The van der Waals surface area contributed by atoms with Crippen LogP contribution in [0.2, 0.25) is 0 Å². The molecule has 1 rings (SSSR count). The molecule has 0 aliphatic carbocycles. The molecule has 0 unspecified atom stereocenters. The Labute approximate surface area is 90.4 Å². The summed E-state index contributed by atoms with van der Waals surface area (Å²) in [6.07, 6.45) is -5.33. The zero-order valence-corrected chi connectivity index (χ0v) is 7.79.